The van der Waals surface area contributed by atoms with Crippen LogP contribution in [0.1, 0.15) is 48.9 Å². The monoisotopic (exact) mass is 655 g/mol. The van der Waals surface area contributed by atoms with Gasteiger partial charge in [0.25, 0.3) is 0 Å². The number of sulfonamides is 1. The standard InChI is InChI=1S/C33H42BrN3O4S/c1-24(2)22-35-33(39)31(21-27-10-7-6-8-11-27)36(23-28-15-17-29(34)18-16-28)32(38)12-9-19-37(42(5,40)41)30-20-25(3)13-14-26(30)4/h6-8,10-11,13-18,20,24,31H,9,12,19,21-23H2,1-5H3,(H,35,39). The first-order valence-corrected chi connectivity index (χ1v) is 16.9. The van der Waals surface area contributed by atoms with Crippen LogP contribution in [0.4, 0.5) is 5.69 Å². The van der Waals surface area contributed by atoms with Crippen molar-refractivity contribution >= 4 is 43.5 Å². The number of nitrogens with one attached hydrogen (secondary N) is 1. The molecule has 7 nitrogen and oxygen atoms in total. The van der Waals surface area contributed by atoms with Gasteiger partial charge in [0.15, 0.2) is 0 Å². The van der Waals surface area contributed by atoms with Crippen LogP contribution in [0, 0.1) is 19.8 Å². The van der Waals surface area contributed by atoms with Crippen LogP contribution >= 0.6 is 15.9 Å². The molecule has 0 saturated heterocycles. The molecule has 2 amide bonds. The highest BCUT2D eigenvalue weighted by Crippen LogP contribution is 2.25. The molecule has 0 radical (unpaired) electrons. The summed E-state index contributed by atoms with van der Waals surface area (Å²) in [6.45, 7) is 8.77. The van der Waals surface area contributed by atoms with Gasteiger partial charge in [0.2, 0.25) is 21.8 Å². The molecule has 0 spiro atoms. The zero-order valence-corrected chi connectivity index (χ0v) is 27.5. The van der Waals surface area contributed by atoms with E-state index in [1.54, 1.807) is 4.90 Å². The number of rotatable bonds is 14. The van der Waals surface area contributed by atoms with E-state index in [1.165, 1.54) is 10.6 Å². The van der Waals surface area contributed by atoms with Crippen molar-refractivity contribution in [3.63, 3.8) is 0 Å². The van der Waals surface area contributed by atoms with E-state index in [0.29, 0.717) is 25.1 Å². The molecular formula is C33H42BrN3O4S. The maximum atomic E-state index is 13.9. The number of halogens is 1. The van der Waals surface area contributed by atoms with Crippen LogP contribution in [-0.4, -0.2) is 50.5 Å². The fourth-order valence-corrected chi connectivity index (χ4v) is 6.01. The largest absolute Gasteiger partial charge is 0.354 e. The van der Waals surface area contributed by atoms with Crippen LogP contribution < -0.4 is 9.62 Å². The van der Waals surface area contributed by atoms with Crippen LogP contribution in [0.3, 0.4) is 0 Å². The van der Waals surface area contributed by atoms with Crippen molar-refractivity contribution in [1.82, 2.24) is 10.2 Å². The molecule has 226 valence electrons. The van der Waals surface area contributed by atoms with Gasteiger partial charge in [0.1, 0.15) is 6.04 Å². The van der Waals surface area contributed by atoms with Crippen LogP contribution in [0.5, 0.6) is 0 Å². The Hall–Kier alpha value is -3.17. The van der Waals surface area contributed by atoms with E-state index in [0.717, 1.165) is 26.7 Å². The first-order valence-electron chi connectivity index (χ1n) is 14.3. The number of carbonyl (C=O) groups excluding carboxylic acids is 2. The van der Waals surface area contributed by atoms with Crippen molar-refractivity contribution in [1.29, 1.82) is 0 Å². The summed E-state index contributed by atoms with van der Waals surface area (Å²) in [5.41, 5.74) is 4.27. The van der Waals surface area contributed by atoms with E-state index in [4.69, 9.17) is 0 Å². The van der Waals surface area contributed by atoms with Gasteiger partial charge >= 0.3 is 0 Å². The highest BCUT2D eigenvalue weighted by molar-refractivity contribution is 9.10. The number of aryl methyl sites for hydroxylation is 2. The Balaban J connectivity index is 1.89. The lowest BCUT2D eigenvalue weighted by Gasteiger charge is -2.32. The van der Waals surface area contributed by atoms with Crippen LogP contribution in [0.2, 0.25) is 0 Å². The van der Waals surface area contributed by atoms with E-state index in [-0.39, 0.29) is 37.2 Å². The Morgan fingerprint density at radius 3 is 2.21 bits per heavy atom. The van der Waals surface area contributed by atoms with E-state index >= 15 is 0 Å². The number of hydrogen-bond donors (Lipinski definition) is 1. The van der Waals surface area contributed by atoms with Gasteiger partial charge in [0.05, 0.1) is 11.9 Å². The van der Waals surface area contributed by atoms with Crippen molar-refractivity contribution in [2.24, 2.45) is 5.92 Å². The summed E-state index contributed by atoms with van der Waals surface area (Å²) >= 11 is 3.47. The normalized spacial score (nSPS) is 12.2. The second-order valence-electron chi connectivity index (χ2n) is 11.2. The maximum absolute atomic E-state index is 13.9. The number of hydrogen-bond acceptors (Lipinski definition) is 4. The van der Waals surface area contributed by atoms with Crippen LogP contribution in [0.15, 0.2) is 77.3 Å². The van der Waals surface area contributed by atoms with Crippen molar-refractivity contribution < 1.29 is 18.0 Å². The van der Waals surface area contributed by atoms with Gasteiger partial charge in [-0.15, -0.1) is 0 Å². The average molecular weight is 657 g/mol. The molecule has 42 heavy (non-hydrogen) atoms. The zero-order chi connectivity index (χ0) is 30.9. The van der Waals surface area contributed by atoms with Crippen LogP contribution in [-0.2, 0) is 32.6 Å². The molecule has 3 aromatic rings. The predicted molar refractivity (Wildman–Crippen MR) is 174 cm³/mol. The Bertz CT molecular complexity index is 1440. The van der Waals surface area contributed by atoms with Gasteiger partial charge in [-0.3, -0.25) is 13.9 Å². The summed E-state index contributed by atoms with van der Waals surface area (Å²) in [6.07, 6.45) is 1.95. The molecule has 0 fully saturated rings. The molecule has 1 atom stereocenters. The highest BCUT2D eigenvalue weighted by Gasteiger charge is 2.30. The first kappa shape index (κ1) is 33.3. The van der Waals surface area contributed by atoms with Crippen molar-refractivity contribution in [3.05, 3.63) is 99.5 Å². The van der Waals surface area contributed by atoms with E-state index in [2.05, 4.69) is 21.2 Å². The topological polar surface area (TPSA) is 86.8 Å². The summed E-state index contributed by atoms with van der Waals surface area (Å²) in [5.74, 6) is -0.145. The number of carbonyl (C=O) groups is 2. The first-order chi connectivity index (χ1) is 19.8. The minimum absolute atomic E-state index is 0.0934. The average Bonchev–Trinajstić information content (AvgIpc) is 2.94. The quantitative estimate of drug-likeness (QED) is 0.230. The second-order valence-corrected chi connectivity index (χ2v) is 14.0. The van der Waals surface area contributed by atoms with Gasteiger partial charge in [-0.1, -0.05) is 84.4 Å². The minimum atomic E-state index is -3.57. The van der Waals surface area contributed by atoms with Gasteiger partial charge < -0.3 is 10.2 Å². The third-order valence-corrected chi connectivity index (χ3v) is 8.72. The molecule has 3 aromatic carbocycles. The Morgan fingerprint density at radius 1 is 0.929 bits per heavy atom. The molecule has 0 aliphatic heterocycles. The second kappa shape index (κ2) is 15.3. The molecule has 9 heteroatoms. The van der Waals surface area contributed by atoms with Crippen LogP contribution in [0.25, 0.3) is 0 Å². The van der Waals surface area contributed by atoms with Gasteiger partial charge in [-0.05, 0) is 66.6 Å². The molecule has 1 unspecified atom stereocenters. The predicted octanol–water partition coefficient (Wildman–Crippen LogP) is 6.02. The van der Waals surface area contributed by atoms with Gasteiger partial charge in [-0.25, -0.2) is 8.42 Å². The number of benzene rings is 3. The van der Waals surface area contributed by atoms with Crippen molar-refractivity contribution in [3.8, 4) is 0 Å². The van der Waals surface area contributed by atoms with Gasteiger partial charge in [0, 0.05) is 36.9 Å². The third kappa shape index (κ3) is 9.98. The third-order valence-electron chi connectivity index (χ3n) is 7.01. The Morgan fingerprint density at radius 2 is 1.60 bits per heavy atom. The highest BCUT2D eigenvalue weighted by atomic mass is 79.9. The molecule has 0 aliphatic rings. The summed E-state index contributed by atoms with van der Waals surface area (Å²) in [5, 5.41) is 3.03. The molecule has 0 saturated carbocycles. The number of anilines is 1. The van der Waals surface area contributed by atoms with E-state index < -0.39 is 16.1 Å². The Labute approximate surface area is 259 Å². The van der Waals surface area contributed by atoms with Crippen molar-refractivity contribution in [2.45, 2.75) is 59.5 Å². The lowest BCUT2D eigenvalue weighted by Crippen LogP contribution is -2.51. The SMILES string of the molecule is Cc1ccc(C)c(N(CCCC(=O)N(Cc2ccc(Br)cc2)C(Cc2ccccc2)C(=O)NCC(C)C)S(C)(=O)=O)c1. The molecule has 3 rings (SSSR count). The molecular weight excluding hydrogens is 614 g/mol. The summed E-state index contributed by atoms with van der Waals surface area (Å²) < 4.78 is 27.8. The summed E-state index contributed by atoms with van der Waals surface area (Å²) in [6, 6.07) is 22.3. The minimum Gasteiger partial charge on any atom is -0.354 e. The number of nitrogens with zero attached hydrogens (tertiary/aromatic N) is 2. The lowest BCUT2D eigenvalue weighted by molar-refractivity contribution is -0.141. The molecule has 0 bridgehead atoms. The molecule has 1 N–H and O–H groups in total. The van der Waals surface area contributed by atoms with Gasteiger partial charge in [-0.2, -0.15) is 0 Å². The summed E-state index contributed by atoms with van der Waals surface area (Å²) in [4.78, 5) is 29.2. The molecule has 0 aliphatic carbocycles. The van der Waals surface area contributed by atoms with E-state index in [1.807, 2.05) is 100 Å². The Kier molecular flexibility index (Phi) is 12.2. The molecule has 0 heterocycles. The van der Waals surface area contributed by atoms with E-state index in [9.17, 15) is 18.0 Å². The smallest absolute Gasteiger partial charge is 0.243 e. The zero-order valence-electron chi connectivity index (χ0n) is 25.1. The fourth-order valence-electron chi connectivity index (χ4n) is 4.73. The molecule has 0 aromatic heterocycles. The summed E-state index contributed by atoms with van der Waals surface area (Å²) in [7, 11) is -3.57. The fraction of sp³-hybridized carbons (Fsp3) is 0.394. The number of amides is 2. The van der Waals surface area contributed by atoms with Crippen molar-refractivity contribution in [2.75, 3.05) is 23.7 Å². The maximum Gasteiger partial charge on any atom is 0.243 e. The lowest BCUT2D eigenvalue weighted by atomic mass is 10.0.